The van der Waals surface area contributed by atoms with E-state index >= 15 is 0 Å². The van der Waals surface area contributed by atoms with Crippen LogP contribution in [0, 0.1) is 11.6 Å². The molecule has 2 heterocycles. The molecule has 2 aromatic rings. The van der Waals surface area contributed by atoms with Crippen molar-refractivity contribution in [2.75, 3.05) is 24.7 Å². The summed E-state index contributed by atoms with van der Waals surface area (Å²) in [7, 11) is -4.11. The molecule has 9 heteroatoms. The first-order valence-electron chi connectivity index (χ1n) is 8.91. The van der Waals surface area contributed by atoms with Gasteiger partial charge in [-0.15, -0.1) is 0 Å². The molecule has 0 saturated carbocycles. The molecular formula is C19H19F2N3O3S. The molecule has 6 nitrogen and oxygen atoms in total. The quantitative estimate of drug-likeness (QED) is 0.846. The van der Waals surface area contributed by atoms with Gasteiger partial charge in [-0.1, -0.05) is 18.2 Å². The van der Waals surface area contributed by atoms with Crippen LogP contribution in [0.5, 0.6) is 0 Å². The van der Waals surface area contributed by atoms with Crippen LogP contribution < -0.4 is 10.2 Å². The number of sulfonamides is 1. The van der Waals surface area contributed by atoms with E-state index in [-0.39, 0.29) is 31.8 Å². The second-order valence-electron chi connectivity index (χ2n) is 6.94. The Labute approximate surface area is 161 Å². The molecule has 1 amide bonds. The van der Waals surface area contributed by atoms with Crippen LogP contribution in [-0.2, 0) is 14.8 Å². The van der Waals surface area contributed by atoms with Crippen LogP contribution >= 0.6 is 0 Å². The summed E-state index contributed by atoms with van der Waals surface area (Å²) in [5.41, 5.74) is 0.0380. The fraction of sp³-hybridized carbons (Fsp3) is 0.316. The number of rotatable bonds is 3. The van der Waals surface area contributed by atoms with Gasteiger partial charge in [-0.3, -0.25) is 4.79 Å². The summed E-state index contributed by atoms with van der Waals surface area (Å²) in [5, 5.41) is 2.85. The van der Waals surface area contributed by atoms with Crippen LogP contribution in [0.3, 0.4) is 0 Å². The topological polar surface area (TPSA) is 69.7 Å². The number of anilines is 1. The van der Waals surface area contributed by atoms with Gasteiger partial charge in [0.1, 0.15) is 22.1 Å². The molecule has 1 N–H and O–H groups in total. The highest BCUT2D eigenvalue weighted by molar-refractivity contribution is 7.89. The van der Waals surface area contributed by atoms with E-state index in [1.807, 2.05) is 35.2 Å². The van der Waals surface area contributed by atoms with E-state index in [0.717, 1.165) is 22.1 Å². The Bertz CT molecular complexity index is 1010. The van der Waals surface area contributed by atoms with Crippen molar-refractivity contribution in [1.29, 1.82) is 0 Å². The summed E-state index contributed by atoms with van der Waals surface area (Å²) in [5.74, 6) is -2.10. The second-order valence-corrected chi connectivity index (χ2v) is 8.84. The lowest BCUT2D eigenvalue weighted by molar-refractivity contribution is -0.124. The van der Waals surface area contributed by atoms with Gasteiger partial charge in [0.2, 0.25) is 15.9 Å². The Morgan fingerprint density at radius 2 is 1.68 bits per heavy atom. The van der Waals surface area contributed by atoms with E-state index in [0.29, 0.717) is 12.7 Å². The number of benzene rings is 2. The van der Waals surface area contributed by atoms with E-state index in [1.54, 1.807) is 0 Å². The van der Waals surface area contributed by atoms with Crippen molar-refractivity contribution >= 4 is 21.6 Å². The third-order valence-corrected chi connectivity index (χ3v) is 7.40. The van der Waals surface area contributed by atoms with Crippen LogP contribution in [-0.4, -0.2) is 43.9 Å². The maximum atomic E-state index is 14.0. The zero-order valence-corrected chi connectivity index (χ0v) is 15.8. The van der Waals surface area contributed by atoms with Gasteiger partial charge >= 0.3 is 0 Å². The fourth-order valence-electron chi connectivity index (χ4n) is 3.95. The lowest BCUT2D eigenvalue weighted by Crippen LogP contribution is -2.57. The molecule has 0 radical (unpaired) electrons. The Morgan fingerprint density at radius 1 is 1.00 bits per heavy atom. The Hall–Kier alpha value is -2.52. The zero-order chi connectivity index (χ0) is 19.9. The number of para-hydroxylation sites is 1. The SMILES string of the molecule is O=C1NCN(c2ccccc2)C12CCN(S(=O)(=O)c1ccc(F)cc1F)CC2. The average Bonchev–Trinajstić information content (AvgIpc) is 2.98. The summed E-state index contributed by atoms with van der Waals surface area (Å²) >= 11 is 0. The number of halogens is 2. The van der Waals surface area contributed by atoms with Gasteiger partial charge in [-0.05, 0) is 37.1 Å². The predicted octanol–water partition coefficient (Wildman–Crippen LogP) is 2.08. The van der Waals surface area contributed by atoms with Crippen LogP contribution in [0.25, 0.3) is 0 Å². The van der Waals surface area contributed by atoms with Gasteiger partial charge in [0.05, 0.1) is 6.67 Å². The number of nitrogens with one attached hydrogen (secondary N) is 1. The highest BCUT2D eigenvalue weighted by Crippen LogP contribution is 2.37. The van der Waals surface area contributed by atoms with Gasteiger partial charge in [-0.25, -0.2) is 17.2 Å². The molecule has 148 valence electrons. The number of amides is 1. The average molecular weight is 407 g/mol. The molecule has 1 spiro atoms. The lowest BCUT2D eigenvalue weighted by atomic mass is 9.86. The number of hydrogen-bond acceptors (Lipinski definition) is 4. The molecule has 4 rings (SSSR count). The van der Waals surface area contributed by atoms with Crippen LogP contribution in [0.1, 0.15) is 12.8 Å². The van der Waals surface area contributed by atoms with Gasteiger partial charge in [0.15, 0.2) is 0 Å². The first kappa shape index (κ1) is 18.8. The fourth-order valence-corrected chi connectivity index (χ4v) is 5.44. The molecule has 0 atom stereocenters. The summed E-state index contributed by atoms with van der Waals surface area (Å²) < 4.78 is 53.9. The molecule has 2 saturated heterocycles. The minimum absolute atomic E-state index is 0.0654. The highest BCUT2D eigenvalue weighted by atomic mass is 32.2. The normalized spacial score (nSPS) is 19.8. The highest BCUT2D eigenvalue weighted by Gasteiger charge is 2.51. The molecular weight excluding hydrogens is 388 g/mol. The summed E-state index contributed by atoms with van der Waals surface area (Å²) in [4.78, 5) is 14.0. The largest absolute Gasteiger partial charge is 0.339 e. The van der Waals surface area contributed by atoms with E-state index in [9.17, 15) is 22.0 Å². The molecule has 2 aliphatic rings. The monoisotopic (exact) mass is 407 g/mol. The van der Waals surface area contributed by atoms with Gasteiger partial charge in [0.25, 0.3) is 0 Å². The van der Waals surface area contributed by atoms with E-state index in [2.05, 4.69) is 5.32 Å². The molecule has 0 bridgehead atoms. The third-order valence-electron chi connectivity index (χ3n) is 5.47. The van der Waals surface area contributed by atoms with Crippen LogP contribution in [0.2, 0.25) is 0 Å². The molecule has 0 aromatic heterocycles. The predicted molar refractivity (Wildman–Crippen MR) is 99.0 cm³/mol. The Kier molecular flexibility index (Phi) is 4.59. The number of nitrogens with zero attached hydrogens (tertiary/aromatic N) is 2. The van der Waals surface area contributed by atoms with E-state index < -0.39 is 32.1 Å². The van der Waals surface area contributed by atoms with Gasteiger partial charge in [0, 0.05) is 24.8 Å². The second kappa shape index (κ2) is 6.82. The van der Waals surface area contributed by atoms with Gasteiger partial charge in [-0.2, -0.15) is 4.31 Å². The third kappa shape index (κ3) is 2.94. The Balaban J connectivity index is 1.59. The maximum absolute atomic E-state index is 14.0. The number of hydrogen-bond donors (Lipinski definition) is 1. The minimum atomic E-state index is -4.11. The molecule has 2 aliphatic heterocycles. The smallest absolute Gasteiger partial charge is 0.247 e. The van der Waals surface area contributed by atoms with Crippen molar-refractivity contribution in [3.63, 3.8) is 0 Å². The number of piperidine rings is 1. The Morgan fingerprint density at radius 3 is 2.32 bits per heavy atom. The lowest BCUT2D eigenvalue weighted by Gasteiger charge is -2.42. The van der Waals surface area contributed by atoms with Gasteiger partial charge < -0.3 is 10.2 Å². The first-order chi connectivity index (χ1) is 13.3. The summed E-state index contributed by atoms with van der Waals surface area (Å²) in [6.45, 7) is 0.480. The van der Waals surface area contributed by atoms with Crippen molar-refractivity contribution in [2.24, 2.45) is 0 Å². The molecule has 0 unspecified atom stereocenters. The molecule has 2 aromatic carbocycles. The van der Waals surface area contributed by atoms with Crippen LogP contribution in [0.15, 0.2) is 53.4 Å². The first-order valence-corrected chi connectivity index (χ1v) is 10.3. The molecule has 28 heavy (non-hydrogen) atoms. The minimum Gasteiger partial charge on any atom is -0.339 e. The van der Waals surface area contributed by atoms with Crippen molar-refractivity contribution in [1.82, 2.24) is 9.62 Å². The number of carbonyl (C=O) groups is 1. The van der Waals surface area contributed by atoms with Crippen molar-refractivity contribution in [3.05, 3.63) is 60.2 Å². The molecule has 2 fully saturated rings. The maximum Gasteiger partial charge on any atom is 0.247 e. The van der Waals surface area contributed by atoms with E-state index in [1.165, 1.54) is 0 Å². The summed E-state index contributed by atoms with van der Waals surface area (Å²) in [6, 6.07) is 11.9. The van der Waals surface area contributed by atoms with Crippen molar-refractivity contribution < 1.29 is 22.0 Å². The zero-order valence-electron chi connectivity index (χ0n) is 14.9. The van der Waals surface area contributed by atoms with E-state index in [4.69, 9.17) is 0 Å². The number of carbonyl (C=O) groups excluding carboxylic acids is 1. The van der Waals surface area contributed by atoms with Crippen molar-refractivity contribution in [3.8, 4) is 0 Å². The molecule has 0 aliphatic carbocycles. The summed E-state index contributed by atoms with van der Waals surface area (Å²) in [6.07, 6.45) is 0.547. The van der Waals surface area contributed by atoms with Crippen LogP contribution in [0.4, 0.5) is 14.5 Å². The van der Waals surface area contributed by atoms with Crippen molar-refractivity contribution in [2.45, 2.75) is 23.3 Å². The standard InChI is InChI=1S/C19H19F2N3O3S/c20-14-6-7-17(16(21)12-14)28(26,27)23-10-8-19(9-11-23)18(25)22-13-24(19)15-4-2-1-3-5-15/h1-7,12H,8-11,13H2,(H,22,25).